The van der Waals surface area contributed by atoms with Crippen LogP contribution < -0.4 is 25.4 Å². The first-order valence-electron chi connectivity index (χ1n) is 22.8. The van der Waals surface area contributed by atoms with Crippen molar-refractivity contribution in [1.82, 2.24) is 30.4 Å². The number of nitrogens with one attached hydrogen (secondary N) is 3. The molecule has 2 fully saturated rings. The minimum absolute atomic E-state index is 0.0108. The molecule has 2 saturated heterocycles. The zero-order valence-electron chi connectivity index (χ0n) is 37.7. The van der Waals surface area contributed by atoms with E-state index >= 15 is 0 Å². The van der Waals surface area contributed by atoms with Crippen LogP contribution >= 0.6 is 11.3 Å². The number of ether oxygens (including phenoxy) is 2. The average Bonchev–Trinajstić information content (AvgIpc) is 3.91. The van der Waals surface area contributed by atoms with Gasteiger partial charge in [-0.15, -0.1) is 11.3 Å². The number of likely N-dealkylation sites (tertiary alicyclic amines) is 1. The summed E-state index contributed by atoms with van der Waals surface area (Å²) in [5, 5.41) is 12.5. The van der Waals surface area contributed by atoms with Gasteiger partial charge in [0.1, 0.15) is 23.5 Å². The summed E-state index contributed by atoms with van der Waals surface area (Å²) in [6.07, 6.45) is 8.47. The highest BCUT2D eigenvalue weighted by atomic mass is 32.1. The summed E-state index contributed by atoms with van der Waals surface area (Å²) in [6, 6.07) is 15.0. The molecule has 3 aromatic carbocycles. The van der Waals surface area contributed by atoms with Crippen LogP contribution in [-0.2, 0) is 29.1 Å². The van der Waals surface area contributed by atoms with Gasteiger partial charge in [-0.05, 0) is 142 Å². The predicted octanol–water partition coefficient (Wildman–Crippen LogP) is 8.85. The number of nitrogens with zero attached hydrogens (tertiary/aromatic N) is 4. The zero-order valence-corrected chi connectivity index (χ0v) is 38.5. The van der Waals surface area contributed by atoms with Crippen LogP contribution in [0, 0.1) is 12.7 Å². The Bertz CT molecular complexity index is 2520. The van der Waals surface area contributed by atoms with Crippen LogP contribution in [0.5, 0.6) is 11.5 Å². The van der Waals surface area contributed by atoms with Gasteiger partial charge in [0.25, 0.3) is 5.91 Å². The molecule has 64 heavy (non-hydrogen) atoms. The first kappa shape index (κ1) is 45.1. The standard InChI is InChI=1S/C50H60FN7O5S/c1-30(44-23-34(29-64-44)36-14-11-10-13-33(36)27-52-3)53-48-40-26-43(62-4)47(63-5)37(46(40)54-31(2)55-48)15-9-7-6-8-12-20-57-21-18-32(19-22-57)38-24-35(51)25-39-41(38)28-58(50(39)61)42-16-17-45(59)56-49(42)60/h10-11,13-14,23-26,29-30,32,42,52H,6-9,12,15-22,27-28H2,1-5H3,(H,53,54,55)(H,56,59,60)/t30-,42?/m0/s1. The van der Waals surface area contributed by atoms with Crippen molar-refractivity contribution < 1.29 is 28.2 Å². The molecule has 0 spiro atoms. The second-order valence-electron chi connectivity index (χ2n) is 17.5. The summed E-state index contributed by atoms with van der Waals surface area (Å²) in [5.41, 5.74) is 7.71. The third-order valence-electron chi connectivity index (χ3n) is 13.2. The molecule has 14 heteroatoms. The summed E-state index contributed by atoms with van der Waals surface area (Å²) in [5.74, 6) is 1.47. The van der Waals surface area contributed by atoms with E-state index in [1.165, 1.54) is 32.5 Å². The van der Waals surface area contributed by atoms with Crippen molar-refractivity contribution >= 4 is 45.8 Å². The van der Waals surface area contributed by atoms with Crippen LogP contribution in [0.2, 0.25) is 0 Å². The lowest BCUT2D eigenvalue weighted by molar-refractivity contribution is -0.136. The van der Waals surface area contributed by atoms with Crippen molar-refractivity contribution in [2.24, 2.45) is 0 Å². The molecule has 12 nitrogen and oxygen atoms in total. The quantitative estimate of drug-likeness (QED) is 0.0578. The number of benzene rings is 3. The Labute approximate surface area is 379 Å². The third-order valence-corrected chi connectivity index (χ3v) is 14.3. The molecule has 8 rings (SSSR count). The van der Waals surface area contributed by atoms with E-state index in [0.717, 1.165) is 117 Å². The predicted molar refractivity (Wildman–Crippen MR) is 250 cm³/mol. The van der Waals surface area contributed by atoms with Crippen LogP contribution in [0.3, 0.4) is 0 Å². The van der Waals surface area contributed by atoms with Crippen LogP contribution in [0.1, 0.15) is 120 Å². The molecule has 338 valence electrons. The molecular formula is C50H60FN7O5S. The Balaban J connectivity index is 0.841. The number of hydrogen-bond acceptors (Lipinski definition) is 11. The number of anilines is 1. The second-order valence-corrected chi connectivity index (χ2v) is 18.4. The molecule has 0 radical (unpaired) electrons. The van der Waals surface area contributed by atoms with Gasteiger partial charge in [-0.1, -0.05) is 43.5 Å². The second kappa shape index (κ2) is 20.2. The van der Waals surface area contributed by atoms with E-state index in [4.69, 9.17) is 19.4 Å². The van der Waals surface area contributed by atoms with Gasteiger partial charge in [-0.3, -0.25) is 19.7 Å². The molecule has 1 unspecified atom stereocenters. The van der Waals surface area contributed by atoms with Gasteiger partial charge >= 0.3 is 0 Å². The summed E-state index contributed by atoms with van der Waals surface area (Å²) < 4.78 is 26.8. The minimum atomic E-state index is -0.714. The molecule has 5 aromatic rings. The smallest absolute Gasteiger partial charge is 0.255 e. The maximum Gasteiger partial charge on any atom is 0.255 e. The number of fused-ring (bicyclic) bond motifs is 2. The lowest BCUT2D eigenvalue weighted by Gasteiger charge is -2.33. The van der Waals surface area contributed by atoms with E-state index in [0.29, 0.717) is 17.1 Å². The van der Waals surface area contributed by atoms with Crippen molar-refractivity contribution in [3.63, 3.8) is 0 Å². The van der Waals surface area contributed by atoms with Gasteiger partial charge in [0, 0.05) is 40.9 Å². The number of imide groups is 1. The Morgan fingerprint density at radius 1 is 0.953 bits per heavy atom. The summed E-state index contributed by atoms with van der Waals surface area (Å²) in [7, 11) is 5.34. The van der Waals surface area contributed by atoms with Gasteiger partial charge < -0.3 is 29.9 Å². The Morgan fingerprint density at radius 2 is 1.73 bits per heavy atom. The van der Waals surface area contributed by atoms with Crippen molar-refractivity contribution in [3.05, 3.63) is 98.2 Å². The van der Waals surface area contributed by atoms with Crippen molar-refractivity contribution in [2.45, 2.75) is 109 Å². The topological polar surface area (TPSA) is 138 Å². The highest BCUT2D eigenvalue weighted by Crippen LogP contribution is 2.42. The molecule has 0 saturated carbocycles. The SMILES string of the molecule is CNCc1ccccc1-c1csc([C@H](C)Nc2nc(C)nc3c(CCCCCCCN4CCC(c5cc(F)cc6c5CN(C5CCC(=O)NC5=O)C6=O)CC4)c(OC)c(OC)cc23)c1. The number of amides is 3. The molecule has 5 heterocycles. The number of unbranched alkanes of at least 4 members (excludes halogenated alkanes) is 4. The first-order chi connectivity index (χ1) is 31.1. The van der Waals surface area contributed by atoms with Crippen LogP contribution in [-0.4, -0.2) is 84.4 Å². The van der Waals surface area contributed by atoms with E-state index in [9.17, 15) is 18.8 Å². The van der Waals surface area contributed by atoms with Crippen LogP contribution in [0.4, 0.5) is 10.2 Å². The summed E-state index contributed by atoms with van der Waals surface area (Å²) >= 11 is 1.75. The fraction of sp³-hybridized carbons (Fsp3) is 0.460. The number of piperidine rings is 2. The largest absolute Gasteiger partial charge is 0.493 e. The van der Waals surface area contributed by atoms with Crippen molar-refractivity contribution in [2.75, 3.05) is 46.2 Å². The average molecular weight is 890 g/mol. The summed E-state index contributed by atoms with van der Waals surface area (Å²) in [4.78, 5) is 52.8. The normalized spacial score (nSPS) is 17.5. The highest BCUT2D eigenvalue weighted by Gasteiger charge is 2.41. The zero-order chi connectivity index (χ0) is 44.9. The number of methoxy groups -OCH3 is 2. The van der Waals surface area contributed by atoms with Gasteiger partial charge in [-0.25, -0.2) is 14.4 Å². The maximum atomic E-state index is 14.9. The maximum absolute atomic E-state index is 14.9. The number of carbonyl (C=O) groups is 3. The Hall–Kier alpha value is -5.44. The number of hydrogen-bond donors (Lipinski definition) is 3. The molecule has 2 atom stereocenters. The lowest BCUT2D eigenvalue weighted by Crippen LogP contribution is -2.52. The molecule has 0 bridgehead atoms. The van der Waals surface area contributed by atoms with Gasteiger partial charge in [0.05, 0.1) is 25.8 Å². The summed E-state index contributed by atoms with van der Waals surface area (Å²) in [6.45, 7) is 8.04. The van der Waals surface area contributed by atoms with Crippen LogP contribution in [0.25, 0.3) is 22.0 Å². The number of carbonyl (C=O) groups excluding carboxylic acids is 3. The molecule has 3 aliphatic heterocycles. The monoisotopic (exact) mass is 889 g/mol. The van der Waals surface area contributed by atoms with E-state index in [-0.39, 0.29) is 43.2 Å². The third kappa shape index (κ3) is 9.64. The molecule has 2 aromatic heterocycles. The highest BCUT2D eigenvalue weighted by molar-refractivity contribution is 7.10. The molecule has 3 amide bonds. The Kier molecular flexibility index (Phi) is 14.2. The number of halogens is 1. The van der Waals surface area contributed by atoms with Gasteiger partial charge in [0.15, 0.2) is 11.5 Å². The number of aryl methyl sites for hydroxylation is 2. The number of aromatic nitrogens is 2. The lowest BCUT2D eigenvalue weighted by atomic mass is 9.85. The van der Waals surface area contributed by atoms with E-state index in [1.54, 1.807) is 31.6 Å². The molecule has 3 aliphatic rings. The first-order valence-corrected chi connectivity index (χ1v) is 23.6. The molecule has 3 N–H and O–H groups in total. The van der Waals surface area contributed by atoms with Gasteiger partial charge in [-0.2, -0.15) is 0 Å². The van der Waals surface area contributed by atoms with E-state index < -0.39 is 17.8 Å². The fourth-order valence-electron chi connectivity index (χ4n) is 9.91. The van der Waals surface area contributed by atoms with Gasteiger partial charge in [0.2, 0.25) is 11.8 Å². The van der Waals surface area contributed by atoms with E-state index in [2.05, 4.69) is 63.5 Å². The Morgan fingerprint density at radius 3 is 2.50 bits per heavy atom. The fourth-order valence-corrected chi connectivity index (χ4v) is 10.8. The van der Waals surface area contributed by atoms with Crippen molar-refractivity contribution in [1.29, 1.82) is 0 Å². The van der Waals surface area contributed by atoms with E-state index in [1.807, 2.05) is 20.0 Å². The number of thiophene rings is 1. The number of rotatable bonds is 18. The van der Waals surface area contributed by atoms with Crippen LogP contribution in [0.15, 0.2) is 53.9 Å². The molecule has 0 aliphatic carbocycles. The molecular weight excluding hydrogens is 830 g/mol. The van der Waals surface area contributed by atoms with Crippen molar-refractivity contribution in [3.8, 4) is 22.6 Å². The minimum Gasteiger partial charge on any atom is -0.493 e.